The highest BCUT2D eigenvalue weighted by Crippen LogP contribution is 2.35. The molecule has 1 aliphatic carbocycles. The Morgan fingerprint density at radius 1 is 1.00 bits per heavy atom. The number of nitrogens with one attached hydrogen (secondary N) is 1. The quantitative estimate of drug-likeness (QED) is 0.270. The third-order valence-electron chi connectivity index (χ3n) is 6.92. The molecular weight excluding hydrogens is 637 g/mol. The first-order chi connectivity index (χ1) is 19.1. The maximum Gasteiger partial charge on any atom is 0.264 e. The van der Waals surface area contributed by atoms with Crippen LogP contribution in [0.5, 0.6) is 0 Å². The number of sulfonamides is 1. The van der Waals surface area contributed by atoms with Gasteiger partial charge >= 0.3 is 0 Å². The van der Waals surface area contributed by atoms with Gasteiger partial charge in [-0.15, -0.1) is 0 Å². The SMILES string of the molecule is CC(C(=O)NC1CCCC1)N(Cc1cccc(Br)c1)C(=O)CN(c1cccc(Cl)c1Cl)S(=O)(=O)c1ccccc1. The summed E-state index contributed by atoms with van der Waals surface area (Å²) in [5.74, 6) is -0.849. The van der Waals surface area contributed by atoms with Gasteiger partial charge in [-0.3, -0.25) is 13.9 Å². The molecule has 1 unspecified atom stereocenters. The van der Waals surface area contributed by atoms with E-state index in [-0.39, 0.29) is 39.1 Å². The monoisotopic (exact) mass is 665 g/mol. The van der Waals surface area contributed by atoms with Crippen molar-refractivity contribution in [1.29, 1.82) is 0 Å². The van der Waals surface area contributed by atoms with E-state index in [1.54, 1.807) is 31.2 Å². The largest absolute Gasteiger partial charge is 0.352 e. The molecule has 2 amide bonds. The van der Waals surface area contributed by atoms with Crippen LogP contribution in [0.1, 0.15) is 38.2 Å². The average molecular weight is 667 g/mol. The predicted molar refractivity (Wildman–Crippen MR) is 162 cm³/mol. The fraction of sp³-hybridized carbons (Fsp3) is 0.310. The Labute approximate surface area is 253 Å². The summed E-state index contributed by atoms with van der Waals surface area (Å²) in [6.07, 6.45) is 3.89. The molecule has 212 valence electrons. The molecule has 3 aromatic carbocycles. The molecule has 0 aliphatic heterocycles. The predicted octanol–water partition coefficient (Wildman–Crippen LogP) is 6.43. The third-order valence-corrected chi connectivity index (χ3v) is 10.00. The lowest BCUT2D eigenvalue weighted by molar-refractivity contribution is -0.139. The van der Waals surface area contributed by atoms with Crippen LogP contribution in [0.4, 0.5) is 5.69 Å². The number of rotatable bonds is 10. The molecular formula is C29H30BrCl2N3O4S. The van der Waals surface area contributed by atoms with E-state index < -0.39 is 28.5 Å². The second-order valence-corrected chi connectivity index (χ2v) is 13.3. The van der Waals surface area contributed by atoms with Gasteiger partial charge in [0.05, 0.1) is 20.6 Å². The van der Waals surface area contributed by atoms with Crippen molar-refractivity contribution in [3.8, 4) is 0 Å². The van der Waals surface area contributed by atoms with Gasteiger partial charge in [-0.25, -0.2) is 8.42 Å². The van der Waals surface area contributed by atoms with E-state index in [4.69, 9.17) is 23.2 Å². The molecule has 4 rings (SSSR count). The summed E-state index contributed by atoms with van der Waals surface area (Å²) in [4.78, 5) is 28.7. The Hall–Kier alpha value is -2.59. The van der Waals surface area contributed by atoms with Crippen LogP contribution in [0.15, 0.2) is 82.2 Å². The summed E-state index contributed by atoms with van der Waals surface area (Å²) >= 11 is 16.2. The number of nitrogens with zero attached hydrogens (tertiary/aromatic N) is 2. The molecule has 1 atom stereocenters. The van der Waals surface area contributed by atoms with Gasteiger partial charge in [-0.05, 0) is 61.7 Å². The highest BCUT2D eigenvalue weighted by atomic mass is 79.9. The van der Waals surface area contributed by atoms with Gasteiger partial charge in [0.2, 0.25) is 11.8 Å². The molecule has 3 aromatic rings. The van der Waals surface area contributed by atoms with Crippen molar-refractivity contribution in [3.63, 3.8) is 0 Å². The fourth-order valence-corrected chi connectivity index (χ4v) is 7.07. The van der Waals surface area contributed by atoms with Gasteiger partial charge in [0.25, 0.3) is 10.0 Å². The minimum absolute atomic E-state index is 0.00189. The molecule has 0 bridgehead atoms. The Morgan fingerprint density at radius 3 is 2.35 bits per heavy atom. The van der Waals surface area contributed by atoms with Crippen LogP contribution in [0, 0.1) is 0 Å². The van der Waals surface area contributed by atoms with Crippen molar-refractivity contribution in [1.82, 2.24) is 10.2 Å². The zero-order valence-corrected chi connectivity index (χ0v) is 25.8. The third kappa shape index (κ3) is 7.18. The molecule has 0 spiro atoms. The summed E-state index contributed by atoms with van der Waals surface area (Å²) in [7, 11) is -4.23. The maximum atomic E-state index is 14.0. The lowest BCUT2D eigenvalue weighted by Crippen LogP contribution is -2.52. The number of halogens is 3. The van der Waals surface area contributed by atoms with Gasteiger partial charge in [0, 0.05) is 17.1 Å². The van der Waals surface area contributed by atoms with E-state index in [1.165, 1.54) is 29.2 Å². The van der Waals surface area contributed by atoms with Gasteiger partial charge in [0.15, 0.2) is 0 Å². The topological polar surface area (TPSA) is 86.8 Å². The zero-order valence-electron chi connectivity index (χ0n) is 21.9. The lowest BCUT2D eigenvalue weighted by Gasteiger charge is -2.32. The smallest absolute Gasteiger partial charge is 0.264 e. The Balaban J connectivity index is 1.71. The molecule has 7 nitrogen and oxygen atoms in total. The molecule has 0 aromatic heterocycles. The molecule has 40 heavy (non-hydrogen) atoms. The molecule has 1 saturated carbocycles. The van der Waals surface area contributed by atoms with Crippen LogP contribution in [-0.4, -0.2) is 43.8 Å². The van der Waals surface area contributed by atoms with Crippen LogP contribution in [-0.2, 0) is 26.2 Å². The van der Waals surface area contributed by atoms with E-state index >= 15 is 0 Å². The van der Waals surface area contributed by atoms with Gasteiger partial charge in [-0.1, -0.05) is 88.4 Å². The second kappa shape index (κ2) is 13.4. The first-order valence-electron chi connectivity index (χ1n) is 12.9. The summed E-state index contributed by atoms with van der Waals surface area (Å²) in [5, 5.41) is 3.21. The number of benzene rings is 3. The minimum Gasteiger partial charge on any atom is -0.352 e. The van der Waals surface area contributed by atoms with Crippen molar-refractivity contribution in [2.24, 2.45) is 0 Å². The molecule has 0 heterocycles. The normalized spacial score (nSPS) is 14.5. The van der Waals surface area contributed by atoms with Crippen LogP contribution in [0.2, 0.25) is 10.0 Å². The molecule has 1 aliphatic rings. The van der Waals surface area contributed by atoms with Crippen LogP contribution >= 0.6 is 39.1 Å². The first kappa shape index (κ1) is 30.4. The van der Waals surface area contributed by atoms with Crippen molar-refractivity contribution in [2.75, 3.05) is 10.8 Å². The molecule has 1 N–H and O–H groups in total. The Kier molecular flexibility index (Phi) is 10.2. The van der Waals surface area contributed by atoms with Crippen LogP contribution in [0.25, 0.3) is 0 Å². The number of anilines is 1. The van der Waals surface area contributed by atoms with Gasteiger partial charge < -0.3 is 10.2 Å². The van der Waals surface area contributed by atoms with E-state index in [9.17, 15) is 18.0 Å². The summed E-state index contributed by atoms with van der Waals surface area (Å²) in [6.45, 7) is 1.16. The number of carbonyl (C=O) groups excluding carboxylic acids is 2. The van der Waals surface area contributed by atoms with Gasteiger partial charge in [-0.2, -0.15) is 0 Å². The average Bonchev–Trinajstić information content (AvgIpc) is 3.45. The minimum atomic E-state index is -4.23. The highest BCUT2D eigenvalue weighted by Gasteiger charge is 2.34. The molecule has 0 radical (unpaired) electrons. The van der Waals surface area contributed by atoms with Crippen LogP contribution in [0.3, 0.4) is 0 Å². The van der Waals surface area contributed by atoms with Crippen molar-refractivity contribution in [3.05, 3.63) is 92.9 Å². The zero-order chi connectivity index (χ0) is 28.9. The standard InChI is InChI=1S/C29H30BrCl2N3O4S/c1-20(29(37)33-23-11-5-6-12-23)34(18-21-9-7-10-22(30)17-21)27(36)19-35(26-16-8-15-25(31)28(26)32)40(38,39)24-13-3-2-4-14-24/h2-4,7-10,13-17,20,23H,5-6,11-12,18-19H2,1H3,(H,33,37). The van der Waals surface area contributed by atoms with Crippen molar-refractivity contribution >= 4 is 66.7 Å². The Morgan fingerprint density at radius 2 is 1.68 bits per heavy atom. The van der Waals surface area contributed by atoms with E-state index in [1.807, 2.05) is 24.3 Å². The summed E-state index contributed by atoms with van der Waals surface area (Å²) in [5.41, 5.74) is 0.846. The van der Waals surface area contributed by atoms with Crippen molar-refractivity contribution in [2.45, 2.75) is 56.1 Å². The molecule has 11 heteroatoms. The second-order valence-electron chi connectivity index (χ2n) is 9.72. The summed E-state index contributed by atoms with van der Waals surface area (Å²) in [6, 6.07) is 19.0. The number of amides is 2. The number of hydrogen-bond donors (Lipinski definition) is 1. The first-order valence-corrected chi connectivity index (χ1v) is 15.9. The number of hydrogen-bond acceptors (Lipinski definition) is 4. The van der Waals surface area contributed by atoms with E-state index in [0.717, 1.165) is 40.0 Å². The van der Waals surface area contributed by atoms with Crippen LogP contribution < -0.4 is 9.62 Å². The number of carbonyl (C=O) groups is 2. The van der Waals surface area contributed by atoms with E-state index in [0.29, 0.717) is 0 Å². The molecule has 0 saturated heterocycles. The summed E-state index contributed by atoms with van der Waals surface area (Å²) < 4.78 is 29.5. The van der Waals surface area contributed by atoms with Gasteiger partial charge in [0.1, 0.15) is 12.6 Å². The molecule has 1 fully saturated rings. The fourth-order valence-electron chi connectivity index (χ4n) is 4.72. The lowest BCUT2D eigenvalue weighted by atomic mass is 10.1. The Bertz CT molecular complexity index is 1470. The maximum absolute atomic E-state index is 14.0. The van der Waals surface area contributed by atoms with E-state index in [2.05, 4.69) is 21.2 Å². The highest BCUT2D eigenvalue weighted by molar-refractivity contribution is 9.10. The van der Waals surface area contributed by atoms with Crippen molar-refractivity contribution < 1.29 is 18.0 Å².